The summed E-state index contributed by atoms with van der Waals surface area (Å²) in [7, 11) is 1.47. The van der Waals surface area contributed by atoms with Gasteiger partial charge in [0.15, 0.2) is 5.79 Å². The molecule has 1 heterocycles. The van der Waals surface area contributed by atoms with E-state index in [9.17, 15) is 8.42 Å². The normalized spacial score (nSPS) is 23.8. The van der Waals surface area contributed by atoms with E-state index < -0.39 is 14.8 Å². The Hall–Kier alpha value is 0.160. The average Bonchev–Trinajstić information content (AvgIpc) is 2.09. The van der Waals surface area contributed by atoms with E-state index >= 15 is 0 Å². The van der Waals surface area contributed by atoms with Crippen LogP contribution in [0, 0.1) is 0 Å². The third-order valence-electron chi connectivity index (χ3n) is 1.33. The molecule has 1 rings (SSSR count). The van der Waals surface area contributed by atoms with Crippen molar-refractivity contribution >= 4 is 19.7 Å². The summed E-state index contributed by atoms with van der Waals surface area (Å²) in [6.45, 7) is 2.39. The summed E-state index contributed by atoms with van der Waals surface area (Å²) < 4.78 is 31.3. The van der Waals surface area contributed by atoms with Gasteiger partial charge in [-0.15, -0.1) is 0 Å². The molecule has 1 saturated heterocycles. The number of ether oxygens (including phenoxy) is 2. The zero-order valence-corrected chi connectivity index (χ0v) is 7.61. The number of hydrogen-bond acceptors (Lipinski definition) is 4. The lowest BCUT2D eigenvalue weighted by Crippen LogP contribution is -2.33. The Balaban J connectivity index is 2.60. The summed E-state index contributed by atoms with van der Waals surface area (Å²) in [5, 5.41) is 0. The predicted molar refractivity (Wildman–Crippen MR) is 39.9 cm³/mol. The summed E-state index contributed by atoms with van der Waals surface area (Å²) in [5.74, 6) is -1.35. The molecule has 66 valence electrons. The van der Waals surface area contributed by atoms with Crippen LogP contribution in [-0.4, -0.2) is 33.2 Å². The molecule has 1 fully saturated rings. The minimum Gasteiger partial charge on any atom is -0.347 e. The van der Waals surface area contributed by atoms with E-state index in [0.717, 1.165) is 0 Å². The summed E-state index contributed by atoms with van der Waals surface area (Å²) in [5.41, 5.74) is 0. The molecule has 0 unspecified atom stereocenters. The molecule has 1 aliphatic rings. The highest BCUT2D eigenvalue weighted by molar-refractivity contribution is 8.13. The lowest BCUT2D eigenvalue weighted by molar-refractivity contribution is -0.122. The van der Waals surface area contributed by atoms with Crippen molar-refractivity contribution in [3.8, 4) is 0 Å². The van der Waals surface area contributed by atoms with Crippen molar-refractivity contribution in [1.29, 1.82) is 0 Å². The minimum absolute atomic E-state index is 0.304. The van der Waals surface area contributed by atoms with E-state index in [1.165, 1.54) is 0 Å². The molecular weight excluding hydrogens is 192 g/mol. The molecule has 0 radical (unpaired) electrons. The van der Waals surface area contributed by atoms with Gasteiger partial charge in [-0.05, 0) is 6.92 Å². The summed E-state index contributed by atoms with van der Waals surface area (Å²) >= 11 is 0. The second kappa shape index (κ2) is 2.90. The first-order valence-corrected chi connectivity index (χ1v) is 5.59. The van der Waals surface area contributed by atoms with Crippen molar-refractivity contribution in [2.45, 2.75) is 12.7 Å². The monoisotopic (exact) mass is 200 g/mol. The Labute approximate surface area is 69.9 Å². The molecule has 0 atom stereocenters. The maximum atomic E-state index is 10.6. The number of halogens is 1. The van der Waals surface area contributed by atoms with Crippen LogP contribution in [0.15, 0.2) is 0 Å². The van der Waals surface area contributed by atoms with Crippen molar-refractivity contribution < 1.29 is 17.9 Å². The fraction of sp³-hybridized carbons (Fsp3) is 1.00. The van der Waals surface area contributed by atoms with Crippen LogP contribution < -0.4 is 0 Å². The van der Waals surface area contributed by atoms with Crippen LogP contribution in [0.1, 0.15) is 6.92 Å². The molecule has 1 aliphatic heterocycles. The predicted octanol–water partition coefficient (Wildman–Crippen LogP) is 0.318. The maximum absolute atomic E-state index is 10.6. The molecule has 0 aliphatic carbocycles. The van der Waals surface area contributed by atoms with Crippen molar-refractivity contribution in [3.05, 3.63) is 0 Å². The smallest absolute Gasteiger partial charge is 0.237 e. The average molecular weight is 201 g/mol. The van der Waals surface area contributed by atoms with Gasteiger partial charge in [-0.2, -0.15) is 0 Å². The molecule has 4 nitrogen and oxygen atoms in total. The van der Waals surface area contributed by atoms with Gasteiger partial charge in [-0.25, -0.2) is 8.42 Å². The third kappa shape index (κ3) is 2.94. The van der Waals surface area contributed by atoms with Gasteiger partial charge in [-0.3, -0.25) is 0 Å². The van der Waals surface area contributed by atoms with Crippen LogP contribution in [0.3, 0.4) is 0 Å². The molecule has 0 aromatic heterocycles. The first-order chi connectivity index (χ1) is 4.91. The first kappa shape index (κ1) is 9.25. The van der Waals surface area contributed by atoms with Gasteiger partial charge in [0.25, 0.3) is 0 Å². The molecule has 0 aromatic rings. The van der Waals surface area contributed by atoms with E-state index in [0.29, 0.717) is 13.2 Å². The Bertz CT molecular complexity index is 229. The molecular formula is C5H9ClO4S. The van der Waals surface area contributed by atoms with Crippen LogP contribution in [0.4, 0.5) is 0 Å². The second-order valence-electron chi connectivity index (χ2n) is 2.51. The zero-order chi connectivity index (χ0) is 8.54. The Morgan fingerprint density at radius 2 is 1.91 bits per heavy atom. The molecule has 0 spiro atoms. The van der Waals surface area contributed by atoms with Gasteiger partial charge in [0.2, 0.25) is 9.05 Å². The van der Waals surface area contributed by atoms with E-state index in [2.05, 4.69) is 0 Å². The molecule has 0 saturated carbocycles. The van der Waals surface area contributed by atoms with E-state index in [1.54, 1.807) is 6.92 Å². The van der Waals surface area contributed by atoms with Crippen LogP contribution >= 0.6 is 10.7 Å². The van der Waals surface area contributed by atoms with E-state index in [-0.39, 0.29) is 5.75 Å². The van der Waals surface area contributed by atoms with Crippen molar-refractivity contribution in [2.75, 3.05) is 19.0 Å². The SMILES string of the molecule is CC1(CS(=O)(=O)Cl)OCCO1. The van der Waals surface area contributed by atoms with Gasteiger partial charge in [0.1, 0.15) is 5.75 Å². The fourth-order valence-corrected chi connectivity index (χ4v) is 2.34. The van der Waals surface area contributed by atoms with Gasteiger partial charge < -0.3 is 9.47 Å². The summed E-state index contributed by atoms with van der Waals surface area (Å²) in [4.78, 5) is 0. The molecule has 0 bridgehead atoms. The number of rotatable bonds is 2. The second-order valence-corrected chi connectivity index (χ2v) is 5.29. The van der Waals surface area contributed by atoms with Gasteiger partial charge in [-0.1, -0.05) is 0 Å². The van der Waals surface area contributed by atoms with Gasteiger partial charge in [0, 0.05) is 10.7 Å². The highest BCUT2D eigenvalue weighted by Crippen LogP contribution is 2.21. The first-order valence-electron chi connectivity index (χ1n) is 3.12. The van der Waals surface area contributed by atoms with Crippen LogP contribution in [-0.2, 0) is 18.5 Å². The van der Waals surface area contributed by atoms with Crippen molar-refractivity contribution in [3.63, 3.8) is 0 Å². The Morgan fingerprint density at radius 3 is 2.27 bits per heavy atom. The Kier molecular flexibility index (Phi) is 2.43. The van der Waals surface area contributed by atoms with Crippen molar-refractivity contribution in [2.24, 2.45) is 0 Å². The highest BCUT2D eigenvalue weighted by Gasteiger charge is 2.35. The molecule has 11 heavy (non-hydrogen) atoms. The topological polar surface area (TPSA) is 52.6 Å². The fourth-order valence-electron chi connectivity index (χ4n) is 0.953. The zero-order valence-electron chi connectivity index (χ0n) is 6.04. The minimum atomic E-state index is -3.54. The summed E-state index contributed by atoms with van der Waals surface area (Å²) in [6.07, 6.45) is 0. The molecule has 0 aromatic carbocycles. The van der Waals surface area contributed by atoms with Gasteiger partial charge in [0.05, 0.1) is 13.2 Å². The summed E-state index contributed by atoms with van der Waals surface area (Å²) in [6, 6.07) is 0. The molecule has 0 amide bonds. The van der Waals surface area contributed by atoms with Crippen LogP contribution in [0.2, 0.25) is 0 Å². The van der Waals surface area contributed by atoms with Gasteiger partial charge >= 0.3 is 0 Å². The number of hydrogen-bond donors (Lipinski definition) is 0. The Morgan fingerprint density at radius 1 is 1.45 bits per heavy atom. The lowest BCUT2D eigenvalue weighted by atomic mass is 10.4. The highest BCUT2D eigenvalue weighted by atomic mass is 35.7. The lowest BCUT2D eigenvalue weighted by Gasteiger charge is -2.19. The quantitative estimate of drug-likeness (QED) is 0.603. The third-order valence-corrected chi connectivity index (χ3v) is 2.53. The van der Waals surface area contributed by atoms with E-state index in [1.807, 2.05) is 0 Å². The molecule has 6 heteroatoms. The van der Waals surface area contributed by atoms with Crippen LogP contribution in [0.5, 0.6) is 0 Å². The maximum Gasteiger partial charge on any atom is 0.237 e. The molecule has 0 N–H and O–H groups in total. The van der Waals surface area contributed by atoms with Crippen LogP contribution in [0.25, 0.3) is 0 Å². The van der Waals surface area contributed by atoms with E-state index in [4.69, 9.17) is 20.2 Å². The largest absolute Gasteiger partial charge is 0.347 e. The standard InChI is InChI=1S/C5H9ClO4S/c1-5(4-11(6,7)8)9-2-3-10-5/h2-4H2,1H3. The van der Waals surface area contributed by atoms with Crippen molar-refractivity contribution in [1.82, 2.24) is 0 Å².